The predicted octanol–water partition coefficient (Wildman–Crippen LogP) is 5.21. The molecule has 0 saturated carbocycles. The fraction of sp³-hybridized carbons (Fsp3) is 0.455. The van der Waals surface area contributed by atoms with E-state index < -0.39 is 5.60 Å². The van der Waals surface area contributed by atoms with Crippen LogP contribution in [0.3, 0.4) is 0 Å². The van der Waals surface area contributed by atoms with Crippen molar-refractivity contribution < 1.29 is 5.11 Å². The number of rotatable bonds is 6. The van der Waals surface area contributed by atoms with Gasteiger partial charge >= 0.3 is 0 Å². The maximum Gasteiger partial charge on any atom is 0.0974 e. The van der Waals surface area contributed by atoms with Crippen LogP contribution in [-0.4, -0.2) is 29.6 Å². The van der Waals surface area contributed by atoms with E-state index in [-0.39, 0.29) is 5.92 Å². The molecular formula is C22H28ClNO. The van der Waals surface area contributed by atoms with Gasteiger partial charge in [0.15, 0.2) is 0 Å². The van der Waals surface area contributed by atoms with Crippen LogP contribution in [0.15, 0.2) is 54.6 Å². The first kappa shape index (κ1) is 18.4. The van der Waals surface area contributed by atoms with E-state index in [1.54, 1.807) is 0 Å². The van der Waals surface area contributed by atoms with Gasteiger partial charge in [-0.05, 0) is 55.6 Å². The summed E-state index contributed by atoms with van der Waals surface area (Å²) in [6.07, 6.45) is 4.50. The van der Waals surface area contributed by atoms with Crippen LogP contribution in [-0.2, 0) is 5.60 Å². The molecule has 3 rings (SSSR count). The van der Waals surface area contributed by atoms with Crippen molar-refractivity contribution in [2.45, 2.75) is 44.1 Å². The number of hydrogen-bond acceptors (Lipinski definition) is 2. The minimum absolute atomic E-state index is 0.0398. The largest absolute Gasteiger partial charge is 0.384 e. The molecule has 0 aromatic heterocycles. The van der Waals surface area contributed by atoms with E-state index in [9.17, 15) is 5.11 Å². The van der Waals surface area contributed by atoms with Gasteiger partial charge in [-0.15, -0.1) is 0 Å². The molecule has 2 aromatic rings. The lowest BCUT2D eigenvalue weighted by molar-refractivity contribution is -0.0104. The number of hydrogen-bond donors (Lipinski definition) is 1. The molecule has 0 bridgehead atoms. The van der Waals surface area contributed by atoms with Gasteiger partial charge in [0.1, 0.15) is 0 Å². The lowest BCUT2D eigenvalue weighted by Gasteiger charge is -2.40. The summed E-state index contributed by atoms with van der Waals surface area (Å²) in [5.74, 6) is 0.0398. The number of likely N-dealkylation sites (tertiary alicyclic amines) is 1. The Morgan fingerprint density at radius 1 is 1.00 bits per heavy atom. The van der Waals surface area contributed by atoms with E-state index in [2.05, 4.69) is 36.1 Å². The highest BCUT2D eigenvalue weighted by Crippen LogP contribution is 2.41. The lowest BCUT2D eigenvalue weighted by Crippen LogP contribution is -2.42. The van der Waals surface area contributed by atoms with Crippen molar-refractivity contribution in [2.75, 3.05) is 19.6 Å². The van der Waals surface area contributed by atoms with E-state index in [1.807, 2.05) is 30.3 Å². The molecule has 25 heavy (non-hydrogen) atoms. The Morgan fingerprint density at radius 2 is 1.64 bits per heavy atom. The van der Waals surface area contributed by atoms with Gasteiger partial charge in [0.25, 0.3) is 0 Å². The van der Waals surface area contributed by atoms with Crippen molar-refractivity contribution in [1.82, 2.24) is 4.90 Å². The van der Waals surface area contributed by atoms with E-state index in [4.69, 9.17) is 11.6 Å². The molecule has 2 nitrogen and oxygen atoms in total. The Bertz CT molecular complexity index is 651. The van der Waals surface area contributed by atoms with E-state index in [0.29, 0.717) is 11.4 Å². The summed E-state index contributed by atoms with van der Waals surface area (Å²) in [4.78, 5) is 2.51. The van der Waals surface area contributed by atoms with Crippen LogP contribution in [0.25, 0.3) is 0 Å². The normalized spacial score (nSPS) is 19.3. The fourth-order valence-corrected chi connectivity index (χ4v) is 4.13. The third kappa shape index (κ3) is 4.25. The van der Waals surface area contributed by atoms with Crippen LogP contribution in [0.5, 0.6) is 0 Å². The van der Waals surface area contributed by atoms with Gasteiger partial charge in [-0.3, -0.25) is 0 Å². The molecule has 134 valence electrons. The number of piperidine rings is 1. The summed E-state index contributed by atoms with van der Waals surface area (Å²) in [5, 5.41) is 12.5. The minimum Gasteiger partial charge on any atom is -0.384 e. The molecule has 0 aliphatic carbocycles. The highest BCUT2D eigenvalue weighted by atomic mass is 35.5. The summed E-state index contributed by atoms with van der Waals surface area (Å²) < 4.78 is 0. The minimum atomic E-state index is -0.899. The first-order valence-corrected chi connectivity index (χ1v) is 9.77. The summed E-state index contributed by atoms with van der Waals surface area (Å²) in [5.41, 5.74) is 1.25. The Kier molecular flexibility index (Phi) is 6.16. The highest BCUT2D eigenvalue weighted by molar-refractivity contribution is 6.30. The van der Waals surface area contributed by atoms with Crippen LogP contribution in [0.4, 0.5) is 0 Å². The molecule has 3 heteroatoms. The zero-order valence-corrected chi connectivity index (χ0v) is 15.8. The van der Waals surface area contributed by atoms with Crippen molar-refractivity contribution >= 4 is 11.6 Å². The molecule has 2 unspecified atom stereocenters. The molecule has 2 aromatic carbocycles. The average molecular weight is 358 g/mol. The summed E-state index contributed by atoms with van der Waals surface area (Å²) in [7, 11) is 0. The Labute approximate surface area is 156 Å². The second kappa shape index (κ2) is 8.35. The monoisotopic (exact) mass is 357 g/mol. The van der Waals surface area contributed by atoms with Crippen molar-refractivity contribution in [2.24, 2.45) is 0 Å². The van der Waals surface area contributed by atoms with Crippen LogP contribution in [0.2, 0.25) is 5.02 Å². The smallest absolute Gasteiger partial charge is 0.0974 e. The molecule has 0 spiro atoms. The van der Waals surface area contributed by atoms with Gasteiger partial charge in [0.05, 0.1) is 5.60 Å². The zero-order chi connectivity index (χ0) is 17.7. The van der Waals surface area contributed by atoms with Crippen LogP contribution in [0, 0.1) is 0 Å². The predicted molar refractivity (Wildman–Crippen MR) is 105 cm³/mol. The fourth-order valence-electron chi connectivity index (χ4n) is 4.01. The third-order valence-electron chi connectivity index (χ3n) is 5.55. The van der Waals surface area contributed by atoms with Gasteiger partial charge in [-0.2, -0.15) is 0 Å². The SMILES string of the molecule is CCC(O)(c1ccc(Cl)cc1)C(CN1CCCCC1)c1ccccc1. The number of nitrogens with zero attached hydrogens (tertiary/aromatic N) is 1. The second-order valence-electron chi connectivity index (χ2n) is 7.11. The molecule has 1 fully saturated rings. The first-order chi connectivity index (χ1) is 12.1. The summed E-state index contributed by atoms with van der Waals surface area (Å²) >= 11 is 6.07. The summed E-state index contributed by atoms with van der Waals surface area (Å²) in [6, 6.07) is 18.1. The maximum atomic E-state index is 11.8. The van der Waals surface area contributed by atoms with Gasteiger partial charge in [0.2, 0.25) is 0 Å². The third-order valence-corrected chi connectivity index (χ3v) is 5.80. The van der Waals surface area contributed by atoms with Crippen molar-refractivity contribution in [1.29, 1.82) is 0 Å². The first-order valence-electron chi connectivity index (χ1n) is 9.39. The van der Waals surface area contributed by atoms with Gasteiger partial charge in [-0.1, -0.05) is 67.4 Å². The van der Waals surface area contributed by atoms with E-state index in [0.717, 1.165) is 25.2 Å². The van der Waals surface area contributed by atoms with E-state index in [1.165, 1.54) is 24.8 Å². The average Bonchev–Trinajstić information content (AvgIpc) is 2.67. The van der Waals surface area contributed by atoms with Crippen molar-refractivity contribution in [3.63, 3.8) is 0 Å². The molecule has 1 heterocycles. The van der Waals surface area contributed by atoms with Gasteiger partial charge in [-0.25, -0.2) is 0 Å². The number of benzene rings is 2. The van der Waals surface area contributed by atoms with Crippen molar-refractivity contribution in [3.05, 3.63) is 70.7 Å². The topological polar surface area (TPSA) is 23.5 Å². The second-order valence-corrected chi connectivity index (χ2v) is 7.55. The quantitative estimate of drug-likeness (QED) is 0.767. The van der Waals surface area contributed by atoms with Gasteiger partial charge in [0, 0.05) is 17.5 Å². The zero-order valence-electron chi connectivity index (χ0n) is 15.0. The van der Waals surface area contributed by atoms with Crippen LogP contribution >= 0.6 is 11.6 Å². The van der Waals surface area contributed by atoms with Crippen LogP contribution < -0.4 is 0 Å². The van der Waals surface area contributed by atoms with Crippen LogP contribution in [0.1, 0.15) is 49.7 Å². The molecule has 1 N–H and O–H groups in total. The number of aliphatic hydroxyl groups is 1. The molecule has 2 atom stereocenters. The Morgan fingerprint density at radius 3 is 2.24 bits per heavy atom. The maximum absolute atomic E-state index is 11.8. The molecular weight excluding hydrogens is 330 g/mol. The lowest BCUT2D eigenvalue weighted by atomic mass is 9.75. The Balaban J connectivity index is 1.96. The molecule has 1 aliphatic rings. The van der Waals surface area contributed by atoms with Gasteiger partial charge < -0.3 is 10.0 Å². The Hall–Kier alpha value is -1.35. The highest BCUT2D eigenvalue weighted by Gasteiger charge is 2.39. The van der Waals surface area contributed by atoms with E-state index >= 15 is 0 Å². The van der Waals surface area contributed by atoms with Crippen molar-refractivity contribution in [3.8, 4) is 0 Å². The standard InChI is InChI=1S/C22H28ClNO/c1-2-22(25,19-11-13-20(23)14-12-19)21(18-9-5-3-6-10-18)17-24-15-7-4-8-16-24/h3,5-6,9-14,21,25H,2,4,7-8,15-17H2,1H3. The molecule has 0 radical (unpaired) electrons. The molecule has 1 aliphatic heterocycles. The number of halogens is 1. The molecule has 0 amide bonds. The molecule has 1 saturated heterocycles. The summed E-state index contributed by atoms with van der Waals surface area (Å²) in [6.45, 7) is 5.21.